The molecule has 1 aromatic heterocycles. The zero-order valence-electron chi connectivity index (χ0n) is 12.9. The van der Waals surface area contributed by atoms with Gasteiger partial charge in [0.25, 0.3) is 0 Å². The molecule has 1 saturated heterocycles. The van der Waals surface area contributed by atoms with Crippen molar-refractivity contribution in [3.63, 3.8) is 0 Å². The first-order chi connectivity index (χ1) is 10.2. The third kappa shape index (κ3) is 3.52. The maximum absolute atomic E-state index is 4.71. The van der Waals surface area contributed by atoms with E-state index in [0.29, 0.717) is 6.04 Å². The fourth-order valence-corrected chi connectivity index (χ4v) is 3.00. The highest BCUT2D eigenvalue weighted by molar-refractivity contribution is 5.30. The summed E-state index contributed by atoms with van der Waals surface area (Å²) < 4.78 is 1.96. The van der Waals surface area contributed by atoms with Crippen LogP contribution < -0.4 is 0 Å². The smallest absolute Gasteiger partial charge is 0.0769 e. The SMILES string of the molecule is CN(C)[C@@H]1CCCN(Cc2ccn(-c3ccccc3)n2)C1. The van der Waals surface area contributed by atoms with Gasteiger partial charge < -0.3 is 4.90 Å². The predicted molar refractivity (Wildman–Crippen MR) is 85.6 cm³/mol. The molecule has 1 fully saturated rings. The van der Waals surface area contributed by atoms with E-state index in [1.807, 2.05) is 22.9 Å². The van der Waals surface area contributed by atoms with Gasteiger partial charge in [0.05, 0.1) is 11.4 Å². The second kappa shape index (κ2) is 6.41. The van der Waals surface area contributed by atoms with Gasteiger partial charge in [-0.05, 0) is 51.7 Å². The van der Waals surface area contributed by atoms with Crippen LogP contribution in [0.2, 0.25) is 0 Å². The minimum absolute atomic E-state index is 0.676. The van der Waals surface area contributed by atoms with Crippen LogP contribution in [0.25, 0.3) is 5.69 Å². The van der Waals surface area contributed by atoms with E-state index in [1.165, 1.54) is 19.4 Å². The Balaban J connectivity index is 1.65. The molecule has 0 bridgehead atoms. The molecule has 0 N–H and O–H groups in total. The first kappa shape index (κ1) is 14.3. The third-order valence-electron chi connectivity index (χ3n) is 4.26. The fraction of sp³-hybridized carbons (Fsp3) is 0.471. The number of likely N-dealkylation sites (tertiary alicyclic amines) is 1. The molecule has 2 heterocycles. The van der Waals surface area contributed by atoms with E-state index in [2.05, 4.69) is 48.3 Å². The van der Waals surface area contributed by atoms with Crippen molar-refractivity contribution in [2.24, 2.45) is 0 Å². The molecule has 21 heavy (non-hydrogen) atoms. The lowest BCUT2D eigenvalue weighted by Crippen LogP contribution is -2.44. The largest absolute Gasteiger partial charge is 0.305 e. The summed E-state index contributed by atoms with van der Waals surface area (Å²) >= 11 is 0. The van der Waals surface area contributed by atoms with Gasteiger partial charge in [0.15, 0.2) is 0 Å². The molecule has 4 nitrogen and oxygen atoms in total. The molecule has 0 saturated carbocycles. The van der Waals surface area contributed by atoms with Crippen molar-refractivity contribution in [3.05, 3.63) is 48.3 Å². The zero-order chi connectivity index (χ0) is 14.7. The minimum atomic E-state index is 0.676. The maximum Gasteiger partial charge on any atom is 0.0769 e. The number of rotatable bonds is 4. The van der Waals surface area contributed by atoms with Crippen LogP contribution in [0.1, 0.15) is 18.5 Å². The van der Waals surface area contributed by atoms with E-state index in [9.17, 15) is 0 Å². The molecule has 0 spiro atoms. The summed E-state index contributed by atoms with van der Waals surface area (Å²) in [5.74, 6) is 0. The van der Waals surface area contributed by atoms with Crippen LogP contribution in [-0.2, 0) is 6.54 Å². The highest BCUT2D eigenvalue weighted by Gasteiger charge is 2.21. The highest BCUT2D eigenvalue weighted by atomic mass is 15.3. The molecular formula is C17H24N4. The van der Waals surface area contributed by atoms with E-state index in [-0.39, 0.29) is 0 Å². The maximum atomic E-state index is 4.71. The average molecular weight is 284 g/mol. The van der Waals surface area contributed by atoms with Crippen LogP contribution in [0, 0.1) is 0 Å². The molecule has 3 rings (SSSR count). The second-order valence-corrected chi connectivity index (χ2v) is 6.08. The molecule has 1 aromatic carbocycles. The Morgan fingerprint density at radius 1 is 1.19 bits per heavy atom. The second-order valence-electron chi connectivity index (χ2n) is 6.08. The number of para-hydroxylation sites is 1. The monoisotopic (exact) mass is 284 g/mol. The van der Waals surface area contributed by atoms with Crippen molar-refractivity contribution in [2.45, 2.75) is 25.4 Å². The van der Waals surface area contributed by atoms with Crippen LogP contribution in [0.5, 0.6) is 0 Å². The van der Waals surface area contributed by atoms with Crippen LogP contribution in [0.15, 0.2) is 42.6 Å². The van der Waals surface area contributed by atoms with Crippen molar-refractivity contribution in [1.29, 1.82) is 0 Å². The van der Waals surface area contributed by atoms with Crippen LogP contribution in [0.3, 0.4) is 0 Å². The molecule has 1 atom stereocenters. The third-order valence-corrected chi connectivity index (χ3v) is 4.26. The zero-order valence-corrected chi connectivity index (χ0v) is 12.9. The molecule has 0 amide bonds. The van der Waals surface area contributed by atoms with Crippen LogP contribution in [-0.4, -0.2) is 52.8 Å². The van der Waals surface area contributed by atoms with Gasteiger partial charge >= 0.3 is 0 Å². The lowest BCUT2D eigenvalue weighted by Gasteiger charge is -2.35. The summed E-state index contributed by atoms with van der Waals surface area (Å²) in [5.41, 5.74) is 2.27. The van der Waals surface area contributed by atoms with E-state index in [0.717, 1.165) is 24.5 Å². The quantitative estimate of drug-likeness (QED) is 0.861. The number of piperidine rings is 1. The molecule has 0 aliphatic carbocycles. The summed E-state index contributed by atoms with van der Waals surface area (Å²) in [6.45, 7) is 3.28. The van der Waals surface area contributed by atoms with E-state index in [1.54, 1.807) is 0 Å². The van der Waals surface area contributed by atoms with Crippen LogP contribution >= 0.6 is 0 Å². The predicted octanol–water partition coefficient (Wildman–Crippen LogP) is 2.40. The summed E-state index contributed by atoms with van der Waals surface area (Å²) in [6, 6.07) is 13.1. The molecular weight excluding hydrogens is 260 g/mol. The average Bonchev–Trinajstić information content (AvgIpc) is 2.97. The topological polar surface area (TPSA) is 24.3 Å². The van der Waals surface area contributed by atoms with Crippen LogP contribution in [0.4, 0.5) is 0 Å². The van der Waals surface area contributed by atoms with Gasteiger partial charge in [0.2, 0.25) is 0 Å². The molecule has 1 aliphatic rings. The van der Waals surface area contributed by atoms with Crippen molar-refractivity contribution < 1.29 is 0 Å². The molecule has 112 valence electrons. The normalized spacial score (nSPS) is 20.0. The number of hydrogen-bond acceptors (Lipinski definition) is 3. The summed E-state index contributed by atoms with van der Waals surface area (Å²) in [5, 5.41) is 4.71. The first-order valence-corrected chi connectivity index (χ1v) is 7.71. The van der Waals surface area contributed by atoms with Gasteiger partial charge in [-0.15, -0.1) is 0 Å². The Labute approximate surface area is 127 Å². The number of likely N-dealkylation sites (N-methyl/N-ethyl adjacent to an activating group) is 1. The number of nitrogens with zero attached hydrogens (tertiary/aromatic N) is 4. The molecule has 2 aromatic rings. The van der Waals surface area contributed by atoms with Gasteiger partial charge in [-0.25, -0.2) is 4.68 Å². The Morgan fingerprint density at radius 3 is 2.76 bits per heavy atom. The lowest BCUT2D eigenvalue weighted by atomic mass is 10.0. The Hall–Kier alpha value is -1.65. The summed E-state index contributed by atoms with van der Waals surface area (Å²) in [4.78, 5) is 4.86. The van der Waals surface area contributed by atoms with Gasteiger partial charge in [0, 0.05) is 25.3 Å². The fourth-order valence-electron chi connectivity index (χ4n) is 3.00. The van der Waals surface area contributed by atoms with E-state index >= 15 is 0 Å². The van der Waals surface area contributed by atoms with Crippen molar-refractivity contribution in [3.8, 4) is 5.69 Å². The lowest BCUT2D eigenvalue weighted by molar-refractivity contribution is 0.126. The summed E-state index contributed by atoms with van der Waals surface area (Å²) in [6.07, 6.45) is 4.64. The van der Waals surface area contributed by atoms with Gasteiger partial charge in [-0.2, -0.15) is 5.10 Å². The van der Waals surface area contributed by atoms with Crippen molar-refractivity contribution in [1.82, 2.24) is 19.6 Å². The Bertz CT molecular complexity index is 561. The van der Waals surface area contributed by atoms with E-state index in [4.69, 9.17) is 5.10 Å². The highest BCUT2D eigenvalue weighted by Crippen LogP contribution is 2.16. The van der Waals surface area contributed by atoms with Crippen molar-refractivity contribution in [2.75, 3.05) is 27.2 Å². The minimum Gasteiger partial charge on any atom is -0.305 e. The van der Waals surface area contributed by atoms with Gasteiger partial charge in [-0.3, -0.25) is 4.90 Å². The molecule has 4 heteroatoms. The van der Waals surface area contributed by atoms with Gasteiger partial charge in [-0.1, -0.05) is 18.2 Å². The molecule has 0 unspecified atom stereocenters. The number of hydrogen-bond donors (Lipinski definition) is 0. The first-order valence-electron chi connectivity index (χ1n) is 7.71. The Morgan fingerprint density at radius 2 is 2.00 bits per heavy atom. The number of benzene rings is 1. The van der Waals surface area contributed by atoms with E-state index < -0.39 is 0 Å². The standard InChI is InChI=1S/C17H24N4/c1-19(2)17-9-6-11-20(14-17)13-15-10-12-21(18-15)16-7-4-3-5-8-16/h3-5,7-8,10,12,17H,6,9,11,13-14H2,1-2H3/t17-/m1/s1. The number of aromatic nitrogens is 2. The Kier molecular flexibility index (Phi) is 4.36. The molecule has 0 radical (unpaired) electrons. The van der Waals surface area contributed by atoms with Gasteiger partial charge in [0.1, 0.15) is 0 Å². The molecule has 1 aliphatic heterocycles. The summed E-state index contributed by atoms with van der Waals surface area (Å²) in [7, 11) is 4.36. The van der Waals surface area contributed by atoms with Crippen molar-refractivity contribution >= 4 is 0 Å².